The molecule has 5 nitrogen and oxygen atoms in total. The molecule has 1 N–H and O–H groups in total. The Hall–Kier alpha value is -0.650. The molecule has 0 rings (SSSR count). The van der Waals surface area contributed by atoms with Crippen molar-refractivity contribution >= 4 is 5.97 Å². The first-order valence-corrected chi connectivity index (χ1v) is 3.80. The van der Waals surface area contributed by atoms with Crippen molar-refractivity contribution in [2.45, 2.75) is 6.92 Å². The summed E-state index contributed by atoms with van der Waals surface area (Å²) in [7, 11) is 1.58. The number of esters is 1. The van der Waals surface area contributed by atoms with Crippen LogP contribution in [0.15, 0.2) is 0 Å². The number of nitrogens with one attached hydrogen (secondary N) is 1. The largest absolute Gasteiger partial charge is 0.465 e. The fourth-order valence-corrected chi connectivity index (χ4v) is 0.519. The van der Waals surface area contributed by atoms with Crippen molar-refractivity contribution in [1.82, 2.24) is 5.48 Å². The Labute approximate surface area is 71.9 Å². The Bertz CT molecular complexity index is 118. The normalized spacial score (nSPS) is 9.83. The third-order valence-corrected chi connectivity index (χ3v) is 1.01. The fraction of sp³-hybridized carbons (Fsp3) is 0.857. The summed E-state index contributed by atoms with van der Waals surface area (Å²) in [5.74, 6) is -0.324. The summed E-state index contributed by atoms with van der Waals surface area (Å²) in [6.45, 7) is 3.12. The molecule has 0 aliphatic heterocycles. The number of hydrogen-bond acceptors (Lipinski definition) is 5. The molecule has 0 aliphatic rings. The molecule has 72 valence electrons. The van der Waals surface area contributed by atoms with E-state index in [1.165, 1.54) is 0 Å². The van der Waals surface area contributed by atoms with Gasteiger partial charge in [-0.25, -0.2) is 0 Å². The molecule has 0 saturated heterocycles. The van der Waals surface area contributed by atoms with Crippen molar-refractivity contribution in [2.24, 2.45) is 0 Å². The van der Waals surface area contributed by atoms with Gasteiger partial charge in [-0.1, -0.05) is 0 Å². The Balaban J connectivity index is 3.03. The highest BCUT2D eigenvalue weighted by molar-refractivity contribution is 5.71. The summed E-state index contributed by atoms with van der Waals surface area (Å²) in [6, 6.07) is 0. The van der Waals surface area contributed by atoms with E-state index in [0.29, 0.717) is 19.8 Å². The lowest BCUT2D eigenvalue weighted by Gasteiger charge is -2.04. The van der Waals surface area contributed by atoms with E-state index < -0.39 is 0 Å². The van der Waals surface area contributed by atoms with Gasteiger partial charge in [-0.05, 0) is 6.92 Å². The molecule has 0 aromatic carbocycles. The minimum Gasteiger partial charge on any atom is -0.465 e. The first kappa shape index (κ1) is 11.4. The first-order chi connectivity index (χ1) is 5.81. The molecular weight excluding hydrogens is 162 g/mol. The zero-order valence-corrected chi connectivity index (χ0v) is 7.46. The predicted molar refractivity (Wildman–Crippen MR) is 42.5 cm³/mol. The fourth-order valence-electron chi connectivity index (χ4n) is 0.519. The second-order valence-electron chi connectivity index (χ2n) is 1.97. The molecule has 0 unspecified atom stereocenters. The third kappa shape index (κ3) is 7.46. The van der Waals surface area contributed by atoms with E-state index in [9.17, 15) is 4.79 Å². The van der Waals surface area contributed by atoms with Gasteiger partial charge >= 0.3 is 5.97 Å². The molecule has 0 heterocycles. The van der Waals surface area contributed by atoms with Crippen molar-refractivity contribution in [3.05, 3.63) is 0 Å². The standard InChI is InChI=1S/C7H15NO4/c1-3-11-7(9)6-8-12-5-4-10-2/h8H,3-6H2,1-2H3. The van der Waals surface area contributed by atoms with Crippen molar-refractivity contribution in [3.8, 4) is 0 Å². The molecule has 12 heavy (non-hydrogen) atoms. The monoisotopic (exact) mass is 177 g/mol. The highest BCUT2D eigenvalue weighted by atomic mass is 16.7. The molecule has 0 aromatic rings. The Kier molecular flexibility index (Phi) is 7.99. The van der Waals surface area contributed by atoms with E-state index in [1.807, 2.05) is 0 Å². The molecule has 0 spiro atoms. The maximum absolute atomic E-state index is 10.7. The van der Waals surface area contributed by atoms with Gasteiger partial charge in [-0.2, -0.15) is 5.48 Å². The van der Waals surface area contributed by atoms with Gasteiger partial charge in [0.15, 0.2) is 0 Å². The lowest BCUT2D eigenvalue weighted by molar-refractivity contribution is -0.145. The summed E-state index contributed by atoms with van der Waals surface area (Å²) >= 11 is 0. The zero-order valence-electron chi connectivity index (χ0n) is 7.46. The van der Waals surface area contributed by atoms with Gasteiger partial charge in [-0.3, -0.25) is 9.63 Å². The van der Waals surface area contributed by atoms with Crippen LogP contribution in [-0.4, -0.2) is 39.4 Å². The van der Waals surface area contributed by atoms with Crippen molar-refractivity contribution in [1.29, 1.82) is 0 Å². The van der Waals surface area contributed by atoms with E-state index in [-0.39, 0.29) is 12.5 Å². The van der Waals surface area contributed by atoms with Gasteiger partial charge < -0.3 is 9.47 Å². The molecule has 0 atom stereocenters. The van der Waals surface area contributed by atoms with Crippen LogP contribution < -0.4 is 5.48 Å². The second kappa shape index (κ2) is 8.45. The van der Waals surface area contributed by atoms with Crippen LogP contribution in [0.4, 0.5) is 0 Å². The highest BCUT2D eigenvalue weighted by Gasteiger charge is 1.98. The predicted octanol–water partition coefficient (Wildman–Crippen LogP) is -0.283. The van der Waals surface area contributed by atoms with Gasteiger partial charge in [0.05, 0.1) is 19.8 Å². The average Bonchev–Trinajstić information content (AvgIpc) is 2.05. The average molecular weight is 177 g/mol. The van der Waals surface area contributed by atoms with E-state index in [4.69, 9.17) is 9.57 Å². The lowest BCUT2D eigenvalue weighted by atomic mass is 10.7. The summed E-state index contributed by atoms with van der Waals surface area (Å²) in [5, 5.41) is 0. The number of rotatable bonds is 7. The minimum absolute atomic E-state index is 0.0670. The lowest BCUT2D eigenvalue weighted by Crippen LogP contribution is -2.26. The van der Waals surface area contributed by atoms with Gasteiger partial charge in [0.1, 0.15) is 6.54 Å². The minimum atomic E-state index is -0.324. The number of methoxy groups -OCH3 is 1. The van der Waals surface area contributed by atoms with Gasteiger partial charge in [0, 0.05) is 7.11 Å². The van der Waals surface area contributed by atoms with Gasteiger partial charge in [-0.15, -0.1) is 0 Å². The Morgan fingerprint density at radius 1 is 1.42 bits per heavy atom. The molecule has 0 radical (unpaired) electrons. The van der Waals surface area contributed by atoms with Crippen molar-refractivity contribution in [3.63, 3.8) is 0 Å². The summed E-state index contributed by atoms with van der Waals surface area (Å²) in [4.78, 5) is 15.5. The zero-order chi connectivity index (χ0) is 9.23. The smallest absolute Gasteiger partial charge is 0.322 e. The molecule has 5 heteroatoms. The topological polar surface area (TPSA) is 56.8 Å². The molecular formula is C7H15NO4. The molecule has 0 fully saturated rings. The molecule has 0 aliphatic carbocycles. The van der Waals surface area contributed by atoms with Crippen molar-refractivity contribution < 1.29 is 19.1 Å². The summed E-state index contributed by atoms with van der Waals surface area (Å²) in [6.07, 6.45) is 0. The number of ether oxygens (including phenoxy) is 2. The number of hydroxylamine groups is 1. The van der Waals surface area contributed by atoms with Crippen LogP contribution in [0, 0.1) is 0 Å². The maximum Gasteiger partial charge on any atom is 0.322 e. The van der Waals surface area contributed by atoms with E-state index in [2.05, 4.69) is 10.2 Å². The molecule has 0 bridgehead atoms. The van der Waals surface area contributed by atoms with E-state index >= 15 is 0 Å². The maximum atomic E-state index is 10.7. The van der Waals surface area contributed by atoms with Crippen LogP contribution in [0.3, 0.4) is 0 Å². The number of hydrogen-bond donors (Lipinski definition) is 1. The second-order valence-corrected chi connectivity index (χ2v) is 1.97. The highest BCUT2D eigenvalue weighted by Crippen LogP contribution is 1.76. The number of carbonyl (C=O) groups excluding carboxylic acids is 1. The molecule has 0 amide bonds. The van der Waals surface area contributed by atoms with Crippen molar-refractivity contribution in [2.75, 3.05) is 33.5 Å². The van der Waals surface area contributed by atoms with Crippen LogP contribution in [-0.2, 0) is 19.1 Å². The van der Waals surface area contributed by atoms with Crippen LogP contribution in [0.5, 0.6) is 0 Å². The Morgan fingerprint density at radius 3 is 2.75 bits per heavy atom. The van der Waals surface area contributed by atoms with Crippen LogP contribution in [0.2, 0.25) is 0 Å². The summed E-state index contributed by atoms with van der Waals surface area (Å²) < 4.78 is 9.35. The van der Waals surface area contributed by atoms with E-state index in [0.717, 1.165) is 0 Å². The quantitative estimate of drug-likeness (QED) is 0.329. The van der Waals surface area contributed by atoms with Gasteiger partial charge in [0.2, 0.25) is 0 Å². The molecule has 0 aromatic heterocycles. The summed E-state index contributed by atoms with van der Waals surface area (Å²) in [5.41, 5.74) is 2.45. The first-order valence-electron chi connectivity index (χ1n) is 3.80. The molecule has 0 saturated carbocycles. The van der Waals surface area contributed by atoms with Gasteiger partial charge in [0.25, 0.3) is 0 Å². The van der Waals surface area contributed by atoms with Crippen LogP contribution in [0.25, 0.3) is 0 Å². The van der Waals surface area contributed by atoms with Crippen LogP contribution in [0.1, 0.15) is 6.92 Å². The van der Waals surface area contributed by atoms with E-state index in [1.54, 1.807) is 14.0 Å². The van der Waals surface area contributed by atoms with Crippen LogP contribution >= 0.6 is 0 Å². The SMILES string of the molecule is CCOC(=O)CNOCCOC. The Morgan fingerprint density at radius 2 is 2.17 bits per heavy atom. The third-order valence-electron chi connectivity index (χ3n) is 1.01. The number of carbonyl (C=O) groups is 1.